The highest BCUT2D eigenvalue weighted by molar-refractivity contribution is 5.70. The second kappa shape index (κ2) is 20.2. The van der Waals surface area contributed by atoms with Crippen molar-refractivity contribution in [3.8, 4) is 0 Å². The number of carboxylic acid groups (broad SMARTS) is 1. The number of carbonyl (C=O) groups is 1. The zero-order valence-electron chi connectivity index (χ0n) is 18.4. The highest BCUT2D eigenvalue weighted by Crippen LogP contribution is 2.20. The molecule has 0 aromatic heterocycles. The molecule has 2 atom stereocenters. The van der Waals surface area contributed by atoms with Crippen LogP contribution < -0.4 is 0 Å². The molecule has 0 fully saturated rings. The Morgan fingerprint density at radius 1 is 0.593 bits per heavy atom. The Morgan fingerprint density at radius 2 is 0.926 bits per heavy atom. The lowest BCUT2D eigenvalue weighted by Gasteiger charge is -2.19. The van der Waals surface area contributed by atoms with Crippen molar-refractivity contribution in [2.75, 3.05) is 0 Å². The molecule has 3 heteroatoms. The van der Waals surface area contributed by atoms with Crippen molar-refractivity contribution in [3.63, 3.8) is 0 Å². The van der Waals surface area contributed by atoms with Gasteiger partial charge in [-0.2, -0.15) is 0 Å². The molecule has 0 radical (unpaired) electrons. The molecule has 0 aromatic rings. The first-order valence-corrected chi connectivity index (χ1v) is 12.0. The van der Waals surface area contributed by atoms with E-state index in [1.165, 1.54) is 83.5 Å². The standard InChI is InChI=1S/C24H48O3/c1-3-5-7-9-11-13-15-17-19-21-23(25)22(24(26)27)20-18-16-14-12-10-8-6-4-2/h22-23,25H,3-21H2,1-2H3,(H,26,27). The van der Waals surface area contributed by atoms with Gasteiger partial charge in [-0.25, -0.2) is 0 Å². The van der Waals surface area contributed by atoms with Gasteiger partial charge in [-0.1, -0.05) is 123 Å². The van der Waals surface area contributed by atoms with Crippen LogP contribution in [0.4, 0.5) is 0 Å². The quantitative estimate of drug-likeness (QED) is 0.201. The van der Waals surface area contributed by atoms with Gasteiger partial charge in [0.25, 0.3) is 0 Å². The van der Waals surface area contributed by atoms with Gasteiger partial charge in [0.1, 0.15) is 0 Å². The van der Waals surface area contributed by atoms with E-state index in [1.54, 1.807) is 0 Å². The first-order chi connectivity index (χ1) is 13.1. The van der Waals surface area contributed by atoms with Crippen LogP contribution in [-0.2, 0) is 4.79 Å². The minimum atomic E-state index is -0.818. The van der Waals surface area contributed by atoms with Crippen LogP contribution in [-0.4, -0.2) is 22.3 Å². The average molecular weight is 385 g/mol. The molecule has 0 aromatic carbocycles. The Hall–Kier alpha value is -0.570. The third-order valence-electron chi connectivity index (χ3n) is 5.75. The molecule has 0 aliphatic rings. The lowest BCUT2D eigenvalue weighted by atomic mass is 9.91. The molecule has 3 nitrogen and oxygen atoms in total. The summed E-state index contributed by atoms with van der Waals surface area (Å²) < 4.78 is 0. The molecular weight excluding hydrogens is 336 g/mol. The van der Waals surface area contributed by atoms with Gasteiger partial charge < -0.3 is 10.2 Å². The number of carboxylic acids is 1. The minimum absolute atomic E-state index is 0.570. The number of aliphatic hydroxyl groups excluding tert-OH is 1. The van der Waals surface area contributed by atoms with Crippen molar-refractivity contribution in [3.05, 3.63) is 0 Å². The summed E-state index contributed by atoms with van der Waals surface area (Å²) in [5.74, 6) is -1.39. The maximum Gasteiger partial charge on any atom is 0.309 e. The monoisotopic (exact) mass is 384 g/mol. The summed E-state index contributed by atoms with van der Waals surface area (Å²) in [6.45, 7) is 4.47. The van der Waals surface area contributed by atoms with E-state index in [0.717, 1.165) is 25.7 Å². The molecule has 0 saturated heterocycles. The third-order valence-corrected chi connectivity index (χ3v) is 5.75. The zero-order valence-corrected chi connectivity index (χ0v) is 18.4. The topological polar surface area (TPSA) is 57.5 Å². The van der Waals surface area contributed by atoms with E-state index in [9.17, 15) is 15.0 Å². The fraction of sp³-hybridized carbons (Fsp3) is 0.958. The van der Waals surface area contributed by atoms with Crippen molar-refractivity contribution in [1.82, 2.24) is 0 Å². The number of unbranched alkanes of at least 4 members (excludes halogenated alkanes) is 15. The summed E-state index contributed by atoms with van der Waals surface area (Å²) in [5.41, 5.74) is 0. The van der Waals surface area contributed by atoms with Crippen molar-refractivity contribution in [2.24, 2.45) is 5.92 Å². The molecule has 2 N–H and O–H groups in total. The molecule has 162 valence electrons. The lowest BCUT2D eigenvalue weighted by Crippen LogP contribution is -2.28. The maximum atomic E-state index is 11.5. The van der Waals surface area contributed by atoms with Crippen LogP contribution >= 0.6 is 0 Å². The van der Waals surface area contributed by atoms with E-state index in [0.29, 0.717) is 12.8 Å². The number of hydrogen-bond acceptors (Lipinski definition) is 2. The molecule has 27 heavy (non-hydrogen) atoms. The third kappa shape index (κ3) is 17.3. The highest BCUT2D eigenvalue weighted by Gasteiger charge is 2.25. The van der Waals surface area contributed by atoms with Crippen LogP contribution in [0.2, 0.25) is 0 Å². The van der Waals surface area contributed by atoms with Gasteiger partial charge in [0.05, 0.1) is 12.0 Å². The lowest BCUT2D eigenvalue weighted by molar-refractivity contribution is -0.146. The van der Waals surface area contributed by atoms with E-state index in [2.05, 4.69) is 13.8 Å². The van der Waals surface area contributed by atoms with E-state index in [1.807, 2.05) is 0 Å². The number of rotatable bonds is 21. The predicted octanol–water partition coefficient (Wildman–Crippen LogP) is 7.50. The van der Waals surface area contributed by atoms with Gasteiger partial charge in [0.15, 0.2) is 0 Å². The normalized spacial score (nSPS) is 13.6. The summed E-state index contributed by atoms with van der Waals surface area (Å²) >= 11 is 0. The van der Waals surface area contributed by atoms with Crippen LogP contribution in [0, 0.1) is 5.92 Å². The first-order valence-electron chi connectivity index (χ1n) is 12.0. The average Bonchev–Trinajstić information content (AvgIpc) is 2.65. The molecule has 0 bridgehead atoms. The van der Waals surface area contributed by atoms with Gasteiger partial charge in [-0.3, -0.25) is 4.79 Å². The second-order valence-corrected chi connectivity index (χ2v) is 8.39. The number of hydrogen-bond donors (Lipinski definition) is 2. The largest absolute Gasteiger partial charge is 0.481 e. The highest BCUT2D eigenvalue weighted by atomic mass is 16.4. The van der Waals surface area contributed by atoms with Crippen LogP contribution in [0.15, 0.2) is 0 Å². The van der Waals surface area contributed by atoms with Crippen LogP contribution in [0.1, 0.15) is 136 Å². The van der Waals surface area contributed by atoms with Crippen LogP contribution in [0.3, 0.4) is 0 Å². The molecule has 0 saturated carbocycles. The van der Waals surface area contributed by atoms with Gasteiger partial charge in [-0.05, 0) is 12.8 Å². The Labute approximate surface area is 169 Å². The molecule has 2 unspecified atom stereocenters. The molecule has 0 spiro atoms. The molecule has 0 heterocycles. The SMILES string of the molecule is CCCCCCCCCCCC(O)C(CCCCCCCCCC)C(=O)O. The van der Waals surface area contributed by atoms with Crippen LogP contribution in [0.5, 0.6) is 0 Å². The molecular formula is C24H48O3. The van der Waals surface area contributed by atoms with E-state index in [4.69, 9.17) is 0 Å². The van der Waals surface area contributed by atoms with Gasteiger partial charge in [0.2, 0.25) is 0 Å². The summed E-state index contributed by atoms with van der Waals surface area (Å²) in [6, 6.07) is 0. The minimum Gasteiger partial charge on any atom is -0.481 e. The summed E-state index contributed by atoms with van der Waals surface area (Å²) in [5, 5.41) is 19.7. The molecule has 0 aliphatic heterocycles. The summed E-state index contributed by atoms with van der Waals surface area (Å²) in [7, 11) is 0. The molecule has 0 rings (SSSR count). The van der Waals surface area contributed by atoms with Crippen LogP contribution in [0.25, 0.3) is 0 Å². The van der Waals surface area contributed by atoms with E-state index >= 15 is 0 Å². The van der Waals surface area contributed by atoms with Gasteiger partial charge in [-0.15, -0.1) is 0 Å². The Morgan fingerprint density at radius 3 is 1.30 bits per heavy atom. The van der Waals surface area contributed by atoms with E-state index < -0.39 is 18.0 Å². The Balaban J connectivity index is 3.67. The zero-order chi connectivity index (χ0) is 20.2. The van der Waals surface area contributed by atoms with Crippen molar-refractivity contribution in [1.29, 1.82) is 0 Å². The smallest absolute Gasteiger partial charge is 0.309 e. The summed E-state index contributed by atoms with van der Waals surface area (Å²) in [4.78, 5) is 11.5. The summed E-state index contributed by atoms with van der Waals surface area (Å²) in [6.07, 6.45) is 21.5. The van der Waals surface area contributed by atoms with Crippen molar-refractivity contribution >= 4 is 5.97 Å². The number of aliphatic hydroxyl groups is 1. The molecule has 0 amide bonds. The predicted molar refractivity (Wildman–Crippen MR) is 116 cm³/mol. The Bertz CT molecular complexity index is 317. The Kier molecular flexibility index (Phi) is 19.7. The fourth-order valence-electron chi connectivity index (χ4n) is 3.84. The van der Waals surface area contributed by atoms with Crippen molar-refractivity contribution in [2.45, 2.75) is 142 Å². The van der Waals surface area contributed by atoms with Gasteiger partial charge in [0, 0.05) is 0 Å². The fourth-order valence-corrected chi connectivity index (χ4v) is 3.84. The van der Waals surface area contributed by atoms with Crippen molar-refractivity contribution < 1.29 is 15.0 Å². The van der Waals surface area contributed by atoms with Gasteiger partial charge >= 0.3 is 5.97 Å². The maximum absolute atomic E-state index is 11.5. The molecule has 0 aliphatic carbocycles. The number of aliphatic carboxylic acids is 1. The van der Waals surface area contributed by atoms with E-state index in [-0.39, 0.29) is 0 Å². The second-order valence-electron chi connectivity index (χ2n) is 8.39. The first kappa shape index (κ1) is 26.4.